The lowest BCUT2D eigenvalue weighted by Crippen LogP contribution is -2.40. The quantitative estimate of drug-likeness (QED) is 0.264. The summed E-state index contributed by atoms with van der Waals surface area (Å²) in [5, 5.41) is 11.4. The molecule has 36 heavy (non-hydrogen) atoms. The molecule has 9 nitrogen and oxygen atoms in total. The number of amides is 1. The number of benzene rings is 3. The zero-order chi connectivity index (χ0) is 25.4. The van der Waals surface area contributed by atoms with Crippen LogP contribution in [0, 0.1) is 10.1 Å². The van der Waals surface area contributed by atoms with Crippen molar-refractivity contribution in [3.8, 4) is 11.5 Å². The van der Waals surface area contributed by atoms with E-state index in [1.807, 2.05) is 33.8 Å². The Morgan fingerprint density at radius 2 is 1.78 bits per heavy atom. The van der Waals surface area contributed by atoms with Gasteiger partial charge in [0, 0.05) is 37.5 Å². The number of fused-ring (bicyclic) bond motifs is 4. The van der Waals surface area contributed by atoms with Gasteiger partial charge in [0.1, 0.15) is 6.61 Å². The van der Waals surface area contributed by atoms with Gasteiger partial charge in [0.25, 0.3) is 11.6 Å². The molecular formula is C26H26N3O6P. The summed E-state index contributed by atoms with van der Waals surface area (Å²) in [4.78, 5) is 26.5. The van der Waals surface area contributed by atoms with Gasteiger partial charge in [0.05, 0.1) is 35.9 Å². The lowest BCUT2D eigenvalue weighted by Gasteiger charge is -2.24. The molecule has 2 aliphatic heterocycles. The first-order valence-corrected chi connectivity index (χ1v) is 12.0. The van der Waals surface area contributed by atoms with Crippen molar-refractivity contribution in [2.75, 3.05) is 30.3 Å². The van der Waals surface area contributed by atoms with Crippen LogP contribution in [0.3, 0.4) is 0 Å². The molecule has 3 aromatic rings. The highest BCUT2D eigenvalue weighted by molar-refractivity contribution is 7.19. The third-order valence-electron chi connectivity index (χ3n) is 6.47. The van der Waals surface area contributed by atoms with Crippen molar-refractivity contribution in [1.82, 2.24) is 0 Å². The number of nitro groups is 1. The van der Waals surface area contributed by atoms with Crippen LogP contribution in [0.2, 0.25) is 0 Å². The Morgan fingerprint density at radius 3 is 2.50 bits per heavy atom. The maximum atomic E-state index is 13.7. The van der Waals surface area contributed by atoms with Gasteiger partial charge in [0.15, 0.2) is 11.5 Å². The number of para-hydroxylation sites is 1. The highest BCUT2D eigenvalue weighted by Crippen LogP contribution is 2.43. The number of carbonyl (C=O) groups excluding carboxylic acids is 1. The third kappa shape index (κ3) is 4.36. The minimum Gasteiger partial charge on any atom is -0.493 e. The molecule has 0 aliphatic carbocycles. The molecule has 0 spiro atoms. The summed E-state index contributed by atoms with van der Waals surface area (Å²) in [5.74, 6) is 0.769. The Bertz CT molecular complexity index is 1350. The first kappa shape index (κ1) is 24.0. The van der Waals surface area contributed by atoms with Gasteiger partial charge in [0.2, 0.25) is 0 Å². The zero-order valence-electron chi connectivity index (χ0n) is 20.0. The van der Waals surface area contributed by atoms with E-state index in [2.05, 4.69) is 15.5 Å². The van der Waals surface area contributed by atoms with Crippen molar-refractivity contribution in [1.29, 1.82) is 0 Å². The molecule has 3 aromatic carbocycles. The van der Waals surface area contributed by atoms with Gasteiger partial charge in [-0.3, -0.25) is 14.9 Å². The van der Waals surface area contributed by atoms with E-state index in [1.165, 1.54) is 26.4 Å². The number of ether oxygens (including phenoxy) is 3. The van der Waals surface area contributed by atoms with E-state index < -0.39 is 4.92 Å². The van der Waals surface area contributed by atoms with E-state index in [9.17, 15) is 14.9 Å². The topological polar surface area (TPSA) is 94.4 Å². The smallest absolute Gasteiger partial charge is 0.270 e. The van der Waals surface area contributed by atoms with Crippen molar-refractivity contribution in [2.45, 2.75) is 25.7 Å². The largest absolute Gasteiger partial charge is 0.493 e. The maximum absolute atomic E-state index is 13.7. The molecule has 2 unspecified atom stereocenters. The fraction of sp³-hybridized carbons (Fsp3) is 0.269. The standard InChI is InChI=1S/C26H26N3O6P/c1-33-14-16-7-17(9-19(8-16)29(31)32)15-35-25-12-23-21(11-24(25)34-2)26(30)28-20(13-27(23)36)10-18-5-3-4-6-22(18)28/h3-9,11-12,20H,10,13-15,36H2,1-2H3. The second-order valence-electron chi connectivity index (χ2n) is 8.82. The van der Waals surface area contributed by atoms with Crippen LogP contribution in [0.5, 0.6) is 11.5 Å². The minimum atomic E-state index is -0.437. The Labute approximate surface area is 211 Å². The Morgan fingerprint density at radius 1 is 1.03 bits per heavy atom. The monoisotopic (exact) mass is 507 g/mol. The molecule has 1 amide bonds. The number of non-ortho nitro benzene ring substituents is 1. The molecular weight excluding hydrogens is 481 g/mol. The lowest BCUT2D eigenvalue weighted by atomic mass is 10.1. The first-order valence-electron chi connectivity index (χ1n) is 11.4. The molecule has 2 heterocycles. The number of nitrogens with zero attached hydrogens (tertiary/aromatic N) is 3. The van der Waals surface area contributed by atoms with Crippen molar-refractivity contribution in [3.63, 3.8) is 0 Å². The predicted molar refractivity (Wildman–Crippen MR) is 139 cm³/mol. The SMILES string of the molecule is COCc1cc(COc2cc3c(cc2OC)C(=O)N2c4ccccc4CC2CN3P)cc([N+](=O)[O-])c1. The molecule has 0 bridgehead atoms. The maximum Gasteiger partial charge on any atom is 0.270 e. The molecule has 0 saturated carbocycles. The molecule has 0 N–H and O–H groups in total. The van der Waals surface area contributed by atoms with Gasteiger partial charge in [-0.25, -0.2) is 0 Å². The summed E-state index contributed by atoms with van der Waals surface area (Å²) in [5.41, 5.74) is 4.62. The Balaban J connectivity index is 1.47. The summed E-state index contributed by atoms with van der Waals surface area (Å²) in [7, 11) is 5.77. The van der Waals surface area contributed by atoms with Crippen molar-refractivity contribution >= 4 is 32.4 Å². The molecule has 10 heteroatoms. The van der Waals surface area contributed by atoms with Crippen LogP contribution in [0.25, 0.3) is 0 Å². The van der Waals surface area contributed by atoms with E-state index in [4.69, 9.17) is 14.2 Å². The number of methoxy groups -OCH3 is 2. The summed E-state index contributed by atoms with van der Waals surface area (Å²) >= 11 is 0. The number of anilines is 2. The molecule has 0 aromatic heterocycles. The van der Waals surface area contributed by atoms with Crippen LogP contribution in [-0.2, 0) is 24.4 Å². The second kappa shape index (κ2) is 9.76. The normalized spacial score (nSPS) is 16.2. The second-order valence-corrected chi connectivity index (χ2v) is 9.44. The van der Waals surface area contributed by atoms with Gasteiger partial charge >= 0.3 is 0 Å². The van der Waals surface area contributed by atoms with E-state index in [0.29, 0.717) is 40.4 Å². The average Bonchev–Trinajstić information content (AvgIpc) is 3.19. The Hall–Kier alpha value is -3.68. The first-order chi connectivity index (χ1) is 17.4. The van der Waals surface area contributed by atoms with E-state index in [1.54, 1.807) is 12.1 Å². The molecule has 2 atom stereocenters. The van der Waals surface area contributed by atoms with Crippen LogP contribution in [0.1, 0.15) is 27.0 Å². The van der Waals surface area contributed by atoms with E-state index >= 15 is 0 Å². The summed E-state index contributed by atoms with van der Waals surface area (Å²) < 4.78 is 18.8. The summed E-state index contributed by atoms with van der Waals surface area (Å²) in [6.07, 6.45) is 0.790. The molecule has 2 aliphatic rings. The van der Waals surface area contributed by atoms with Crippen LogP contribution < -0.4 is 19.0 Å². The molecule has 0 saturated heterocycles. The van der Waals surface area contributed by atoms with Gasteiger partial charge < -0.3 is 23.8 Å². The highest BCUT2D eigenvalue weighted by Gasteiger charge is 2.39. The fourth-order valence-corrected chi connectivity index (χ4v) is 5.37. The van der Waals surface area contributed by atoms with Crippen LogP contribution in [0.4, 0.5) is 17.1 Å². The van der Waals surface area contributed by atoms with Crippen LogP contribution in [0.15, 0.2) is 54.6 Å². The average molecular weight is 507 g/mol. The zero-order valence-corrected chi connectivity index (χ0v) is 21.1. The molecule has 0 fully saturated rings. The van der Waals surface area contributed by atoms with Gasteiger partial charge in [-0.15, -0.1) is 0 Å². The van der Waals surface area contributed by atoms with Crippen LogP contribution in [-0.4, -0.2) is 37.6 Å². The molecule has 0 radical (unpaired) electrons. The van der Waals surface area contributed by atoms with E-state index in [-0.39, 0.29) is 30.9 Å². The lowest BCUT2D eigenvalue weighted by molar-refractivity contribution is -0.385. The number of nitro benzene ring substituents is 1. The summed E-state index contributed by atoms with van der Waals surface area (Å²) in [6.45, 7) is 0.970. The van der Waals surface area contributed by atoms with Gasteiger partial charge in [-0.1, -0.05) is 18.2 Å². The number of carbonyl (C=O) groups is 1. The highest BCUT2D eigenvalue weighted by atomic mass is 31.0. The van der Waals surface area contributed by atoms with Crippen molar-refractivity contribution in [3.05, 3.63) is 87.0 Å². The molecule has 5 rings (SSSR count). The predicted octanol–water partition coefficient (Wildman–Crippen LogP) is 4.51. The fourth-order valence-electron chi connectivity index (χ4n) is 4.91. The van der Waals surface area contributed by atoms with Gasteiger partial charge in [-0.2, -0.15) is 0 Å². The number of rotatable bonds is 7. The van der Waals surface area contributed by atoms with Crippen molar-refractivity contribution in [2.24, 2.45) is 0 Å². The third-order valence-corrected chi connectivity index (χ3v) is 6.96. The van der Waals surface area contributed by atoms with Gasteiger partial charge in [-0.05, 0) is 50.7 Å². The van der Waals surface area contributed by atoms with E-state index in [0.717, 1.165) is 17.7 Å². The Kier molecular flexibility index (Phi) is 6.51. The molecule has 186 valence electrons. The van der Waals surface area contributed by atoms with Crippen molar-refractivity contribution < 1.29 is 23.9 Å². The van der Waals surface area contributed by atoms with Crippen LogP contribution >= 0.6 is 9.39 Å². The summed E-state index contributed by atoms with van der Waals surface area (Å²) in [6, 6.07) is 16.3. The number of hydrogen-bond acceptors (Lipinski definition) is 7. The minimum absolute atomic E-state index is 0.0132. The number of hydrogen-bond donors (Lipinski definition) is 0.